The van der Waals surface area contributed by atoms with E-state index in [-0.39, 0.29) is 0 Å². The van der Waals surface area contributed by atoms with E-state index in [0.717, 1.165) is 49.9 Å². The molecule has 0 saturated carbocycles. The Kier molecular flexibility index (Phi) is 6.24. The quantitative estimate of drug-likeness (QED) is 0.659. The van der Waals surface area contributed by atoms with Crippen LogP contribution in [0, 0.1) is 5.92 Å². The Bertz CT molecular complexity index is 676. The number of rotatable bonds is 5. The smallest absolute Gasteiger partial charge is 0.193 e. The zero-order valence-electron chi connectivity index (χ0n) is 15.5. The second-order valence-electron chi connectivity index (χ2n) is 6.78. The maximum atomic E-state index is 4.87. The molecule has 1 N–H and O–H groups in total. The van der Waals surface area contributed by atoms with Gasteiger partial charge in [-0.3, -0.25) is 4.99 Å². The molecule has 1 fully saturated rings. The molecule has 25 heavy (non-hydrogen) atoms. The first-order chi connectivity index (χ1) is 12.2. The average molecular weight is 360 g/mol. The number of imidazole rings is 1. The van der Waals surface area contributed by atoms with E-state index in [1.165, 1.54) is 5.75 Å². The van der Waals surface area contributed by atoms with Gasteiger partial charge in [0.05, 0.1) is 5.69 Å². The van der Waals surface area contributed by atoms with Crippen LogP contribution in [0.4, 0.5) is 0 Å². The Morgan fingerprint density at radius 3 is 3.08 bits per heavy atom. The molecule has 1 unspecified atom stereocenters. The summed E-state index contributed by atoms with van der Waals surface area (Å²) in [6.07, 6.45) is 5.01. The molecule has 136 valence electrons. The van der Waals surface area contributed by atoms with E-state index in [2.05, 4.69) is 58.3 Å². The summed E-state index contributed by atoms with van der Waals surface area (Å²) in [4.78, 5) is 12.0. The lowest BCUT2D eigenvalue weighted by molar-refractivity contribution is 0.381. The molecule has 6 heteroatoms. The summed E-state index contributed by atoms with van der Waals surface area (Å²) < 4.78 is 2.07. The zero-order valence-corrected chi connectivity index (χ0v) is 16.3. The van der Waals surface area contributed by atoms with E-state index < -0.39 is 0 Å². The van der Waals surface area contributed by atoms with Gasteiger partial charge in [0, 0.05) is 56.0 Å². The molecule has 0 amide bonds. The van der Waals surface area contributed by atoms with Gasteiger partial charge in [-0.05, 0) is 25.0 Å². The first-order valence-corrected chi connectivity index (χ1v) is 10.3. The van der Waals surface area contributed by atoms with Crippen LogP contribution in [0.2, 0.25) is 0 Å². The van der Waals surface area contributed by atoms with Crippen molar-refractivity contribution >= 4 is 23.4 Å². The molecule has 2 aromatic rings. The Labute approximate surface area is 154 Å². The SMILES string of the molecule is CCNC(=NCCc1cn2ccccc2n1)N1CCSC(C(C)C)C1. The molecular weight excluding hydrogens is 330 g/mol. The molecule has 1 aliphatic rings. The minimum absolute atomic E-state index is 0.691. The van der Waals surface area contributed by atoms with E-state index >= 15 is 0 Å². The highest BCUT2D eigenvalue weighted by Gasteiger charge is 2.24. The molecule has 0 aromatic carbocycles. The van der Waals surface area contributed by atoms with Crippen LogP contribution in [-0.2, 0) is 6.42 Å². The van der Waals surface area contributed by atoms with Gasteiger partial charge in [-0.25, -0.2) is 4.98 Å². The Morgan fingerprint density at radius 2 is 2.32 bits per heavy atom. The Morgan fingerprint density at radius 1 is 1.44 bits per heavy atom. The maximum absolute atomic E-state index is 4.87. The summed E-state index contributed by atoms with van der Waals surface area (Å²) in [5.41, 5.74) is 2.10. The molecule has 2 aromatic heterocycles. The van der Waals surface area contributed by atoms with Crippen molar-refractivity contribution in [2.45, 2.75) is 32.4 Å². The number of nitrogens with one attached hydrogen (secondary N) is 1. The predicted octanol–water partition coefficient (Wildman–Crippen LogP) is 2.92. The molecule has 0 bridgehead atoms. The van der Waals surface area contributed by atoms with E-state index in [9.17, 15) is 0 Å². The van der Waals surface area contributed by atoms with Crippen LogP contribution in [0.25, 0.3) is 5.65 Å². The molecule has 1 aliphatic heterocycles. The summed E-state index contributed by atoms with van der Waals surface area (Å²) in [5, 5.41) is 4.16. The minimum atomic E-state index is 0.691. The largest absolute Gasteiger partial charge is 0.357 e. The first-order valence-electron chi connectivity index (χ1n) is 9.25. The van der Waals surface area contributed by atoms with Crippen LogP contribution in [-0.4, -0.2) is 57.4 Å². The van der Waals surface area contributed by atoms with Gasteiger partial charge in [0.2, 0.25) is 0 Å². The number of pyridine rings is 1. The van der Waals surface area contributed by atoms with Gasteiger partial charge in [-0.2, -0.15) is 11.8 Å². The summed E-state index contributed by atoms with van der Waals surface area (Å²) in [7, 11) is 0. The van der Waals surface area contributed by atoms with Crippen molar-refractivity contribution in [1.29, 1.82) is 0 Å². The normalized spacial score (nSPS) is 19.0. The first kappa shape index (κ1) is 18.1. The van der Waals surface area contributed by atoms with Gasteiger partial charge < -0.3 is 14.6 Å². The molecule has 3 rings (SSSR count). The fraction of sp³-hybridized carbons (Fsp3) is 0.579. The number of guanidine groups is 1. The number of hydrogen-bond donors (Lipinski definition) is 1. The van der Waals surface area contributed by atoms with Crippen molar-refractivity contribution in [2.24, 2.45) is 10.9 Å². The molecule has 0 spiro atoms. The highest BCUT2D eigenvalue weighted by Crippen LogP contribution is 2.24. The third kappa shape index (κ3) is 4.69. The third-order valence-electron chi connectivity index (χ3n) is 4.51. The van der Waals surface area contributed by atoms with Crippen molar-refractivity contribution in [3.05, 3.63) is 36.3 Å². The molecular formula is C19H29N5S. The van der Waals surface area contributed by atoms with Gasteiger partial charge in [-0.15, -0.1) is 0 Å². The predicted molar refractivity (Wildman–Crippen MR) is 108 cm³/mol. The Balaban J connectivity index is 1.63. The minimum Gasteiger partial charge on any atom is -0.357 e. The lowest BCUT2D eigenvalue weighted by Gasteiger charge is -2.36. The van der Waals surface area contributed by atoms with E-state index in [0.29, 0.717) is 11.2 Å². The molecule has 3 heterocycles. The van der Waals surface area contributed by atoms with Crippen molar-refractivity contribution in [3.8, 4) is 0 Å². The molecule has 0 aliphatic carbocycles. The zero-order chi connectivity index (χ0) is 17.6. The van der Waals surface area contributed by atoms with Crippen molar-refractivity contribution in [2.75, 3.05) is 31.9 Å². The fourth-order valence-electron chi connectivity index (χ4n) is 3.08. The van der Waals surface area contributed by atoms with E-state index in [4.69, 9.17) is 4.99 Å². The lowest BCUT2D eigenvalue weighted by Crippen LogP contribution is -2.49. The molecule has 1 atom stereocenters. The molecule has 1 saturated heterocycles. The van der Waals surface area contributed by atoms with Gasteiger partial charge in [0.1, 0.15) is 5.65 Å². The highest BCUT2D eigenvalue weighted by atomic mass is 32.2. The van der Waals surface area contributed by atoms with Crippen LogP contribution < -0.4 is 5.32 Å². The van der Waals surface area contributed by atoms with Crippen LogP contribution in [0.3, 0.4) is 0 Å². The lowest BCUT2D eigenvalue weighted by atomic mass is 10.1. The van der Waals surface area contributed by atoms with E-state index in [1.54, 1.807) is 0 Å². The van der Waals surface area contributed by atoms with E-state index in [1.807, 2.05) is 24.4 Å². The van der Waals surface area contributed by atoms with Crippen LogP contribution in [0.15, 0.2) is 35.6 Å². The topological polar surface area (TPSA) is 44.9 Å². The number of nitrogens with zero attached hydrogens (tertiary/aromatic N) is 4. The standard InChI is InChI=1S/C19H29N5S/c1-4-20-19(24-11-12-25-17(14-24)15(2)3)21-9-8-16-13-23-10-6-5-7-18(23)22-16/h5-7,10,13,15,17H,4,8-9,11-12,14H2,1-3H3,(H,20,21). The fourth-order valence-corrected chi connectivity index (χ4v) is 4.38. The maximum Gasteiger partial charge on any atom is 0.193 e. The second kappa shape index (κ2) is 8.61. The van der Waals surface area contributed by atoms with Crippen LogP contribution >= 0.6 is 11.8 Å². The van der Waals surface area contributed by atoms with Gasteiger partial charge >= 0.3 is 0 Å². The highest BCUT2D eigenvalue weighted by molar-refractivity contribution is 8.00. The summed E-state index contributed by atoms with van der Waals surface area (Å²) in [5.74, 6) is 2.94. The third-order valence-corrected chi connectivity index (χ3v) is 6.05. The monoisotopic (exact) mass is 359 g/mol. The number of aromatic nitrogens is 2. The number of fused-ring (bicyclic) bond motifs is 1. The molecule has 5 nitrogen and oxygen atoms in total. The van der Waals surface area contributed by atoms with Gasteiger partial charge in [0.15, 0.2) is 5.96 Å². The van der Waals surface area contributed by atoms with Gasteiger partial charge in [-0.1, -0.05) is 19.9 Å². The number of aliphatic imine (C=N–C) groups is 1. The van der Waals surface area contributed by atoms with Crippen molar-refractivity contribution in [1.82, 2.24) is 19.6 Å². The molecule has 0 radical (unpaired) electrons. The van der Waals surface area contributed by atoms with Gasteiger partial charge in [0.25, 0.3) is 0 Å². The number of hydrogen-bond acceptors (Lipinski definition) is 3. The average Bonchev–Trinajstić information content (AvgIpc) is 3.04. The second-order valence-corrected chi connectivity index (χ2v) is 8.13. The number of thioether (sulfide) groups is 1. The van der Waals surface area contributed by atoms with Crippen molar-refractivity contribution < 1.29 is 0 Å². The van der Waals surface area contributed by atoms with Crippen molar-refractivity contribution in [3.63, 3.8) is 0 Å². The summed E-state index contributed by atoms with van der Waals surface area (Å²) >= 11 is 2.10. The Hall–Kier alpha value is -1.69. The van der Waals surface area contributed by atoms with Crippen LogP contribution in [0.1, 0.15) is 26.5 Å². The van der Waals surface area contributed by atoms with Crippen LogP contribution in [0.5, 0.6) is 0 Å². The summed E-state index contributed by atoms with van der Waals surface area (Å²) in [6.45, 7) is 10.6. The summed E-state index contributed by atoms with van der Waals surface area (Å²) in [6, 6.07) is 6.08.